The van der Waals surface area contributed by atoms with E-state index >= 15 is 0 Å². The fourth-order valence-electron chi connectivity index (χ4n) is 3.44. The van der Waals surface area contributed by atoms with E-state index in [-0.39, 0.29) is 11.8 Å². The van der Waals surface area contributed by atoms with E-state index in [2.05, 4.69) is 81.1 Å². The predicted octanol–water partition coefficient (Wildman–Crippen LogP) is 5.46. The molecule has 4 heteroatoms. The van der Waals surface area contributed by atoms with Crippen LogP contribution in [-0.2, 0) is 4.79 Å². The highest BCUT2D eigenvalue weighted by Gasteiger charge is 2.14. The fraction of sp³-hybridized carbons (Fsp3) is 0.182. The van der Waals surface area contributed by atoms with Crippen LogP contribution >= 0.6 is 15.9 Å². The standard InChI is InChI=1S/C22H19BrN2O/c1-13(12-23)22(26)25-24-14(2)19-11-17-7-3-5-15-9-10-16-6-4-8-18(19)21(16)20(15)17/h3-11,13H,12H2,1-2H3,(H,25,26)/b24-14+. The third-order valence-electron chi connectivity index (χ3n) is 4.91. The smallest absolute Gasteiger partial charge is 0.243 e. The topological polar surface area (TPSA) is 41.5 Å². The first-order valence-corrected chi connectivity index (χ1v) is 9.79. The molecule has 0 aliphatic carbocycles. The van der Waals surface area contributed by atoms with Gasteiger partial charge in [-0.2, -0.15) is 5.10 Å². The molecule has 26 heavy (non-hydrogen) atoms. The van der Waals surface area contributed by atoms with E-state index in [9.17, 15) is 4.79 Å². The van der Waals surface area contributed by atoms with Gasteiger partial charge in [-0.05, 0) is 45.3 Å². The summed E-state index contributed by atoms with van der Waals surface area (Å²) in [6.45, 7) is 3.81. The van der Waals surface area contributed by atoms with E-state index in [4.69, 9.17) is 0 Å². The van der Waals surface area contributed by atoms with E-state index < -0.39 is 0 Å². The second-order valence-corrected chi connectivity index (χ2v) is 7.35. The molecule has 0 fully saturated rings. The van der Waals surface area contributed by atoms with Crippen LogP contribution < -0.4 is 5.43 Å². The van der Waals surface area contributed by atoms with Crippen LogP contribution in [0.2, 0.25) is 0 Å². The zero-order valence-corrected chi connectivity index (χ0v) is 16.3. The van der Waals surface area contributed by atoms with Crippen LogP contribution in [0.1, 0.15) is 19.4 Å². The number of nitrogens with zero attached hydrogens (tertiary/aromatic N) is 1. The van der Waals surface area contributed by atoms with Crippen LogP contribution in [-0.4, -0.2) is 16.9 Å². The minimum atomic E-state index is -0.121. The molecule has 0 spiro atoms. The van der Waals surface area contributed by atoms with Crippen LogP contribution in [0, 0.1) is 5.92 Å². The number of amides is 1. The summed E-state index contributed by atoms with van der Waals surface area (Å²) in [5.41, 5.74) is 4.54. The lowest BCUT2D eigenvalue weighted by molar-refractivity contribution is -0.123. The van der Waals surface area contributed by atoms with Gasteiger partial charge in [0, 0.05) is 16.8 Å². The Balaban J connectivity index is 1.91. The number of nitrogens with one attached hydrogen (secondary N) is 1. The van der Waals surface area contributed by atoms with Crippen molar-refractivity contribution in [3.8, 4) is 0 Å². The zero-order valence-electron chi connectivity index (χ0n) is 14.7. The summed E-state index contributed by atoms with van der Waals surface area (Å²) >= 11 is 3.33. The molecular weight excluding hydrogens is 388 g/mol. The lowest BCUT2D eigenvalue weighted by Gasteiger charge is -2.14. The molecule has 4 aromatic rings. The number of hydrazone groups is 1. The quantitative estimate of drug-likeness (QED) is 0.208. The van der Waals surface area contributed by atoms with E-state index in [1.165, 1.54) is 26.9 Å². The molecule has 0 saturated heterocycles. The van der Waals surface area contributed by atoms with Crippen molar-refractivity contribution in [1.82, 2.24) is 5.43 Å². The van der Waals surface area contributed by atoms with Crippen molar-refractivity contribution < 1.29 is 4.79 Å². The lowest BCUT2D eigenvalue weighted by Crippen LogP contribution is -2.26. The van der Waals surface area contributed by atoms with Crippen LogP contribution in [0.25, 0.3) is 32.3 Å². The Morgan fingerprint density at radius 1 is 1.04 bits per heavy atom. The molecule has 1 N–H and O–H groups in total. The first kappa shape index (κ1) is 17.0. The Labute approximate surface area is 160 Å². The Hall–Kier alpha value is -2.46. The minimum absolute atomic E-state index is 0.0849. The summed E-state index contributed by atoms with van der Waals surface area (Å²) in [6.07, 6.45) is 0. The van der Waals surface area contributed by atoms with Gasteiger partial charge in [-0.3, -0.25) is 4.79 Å². The zero-order chi connectivity index (χ0) is 18.3. The van der Waals surface area contributed by atoms with Gasteiger partial charge in [0.15, 0.2) is 0 Å². The largest absolute Gasteiger partial charge is 0.273 e. The van der Waals surface area contributed by atoms with Crippen molar-refractivity contribution in [3.05, 3.63) is 60.2 Å². The summed E-state index contributed by atoms with van der Waals surface area (Å²) in [6, 6.07) is 19.2. The van der Waals surface area contributed by atoms with E-state index in [0.29, 0.717) is 5.33 Å². The molecule has 0 aliphatic rings. The first-order valence-electron chi connectivity index (χ1n) is 8.67. The summed E-state index contributed by atoms with van der Waals surface area (Å²) in [7, 11) is 0. The Kier molecular flexibility index (Phi) is 4.37. The molecule has 4 rings (SSSR count). The van der Waals surface area contributed by atoms with Gasteiger partial charge >= 0.3 is 0 Å². The van der Waals surface area contributed by atoms with Crippen LogP contribution in [0.5, 0.6) is 0 Å². The van der Waals surface area contributed by atoms with Gasteiger partial charge in [-0.1, -0.05) is 71.4 Å². The summed E-state index contributed by atoms with van der Waals surface area (Å²) in [4.78, 5) is 12.0. The molecule has 0 bridgehead atoms. The number of hydrogen-bond donors (Lipinski definition) is 1. The average Bonchev–Trinajstić information content (AvgIpc) is 2.69. The van der Waals surface area contributed by atoms with Crippen LogP contribution in [0.3, 0.4) is 0 Å². The van der Waals surface area contributed by atoms with Crippen LogP contribution in [0.15, 0.2) is 59.7 Å². The van der Waals surface area contributed by atoms with Gasteiger partial charge < -0.3 is 0 Å². The molecule has 0 heterocycles. The van der Waals surface area contributed by atoms with Gasteiger partial charge in [0.25, 0.3) is 0 Å². The van der Waals surface area contributed by atoms with Gasteiger partial charge in [0.1, 0.15) is 0 Å². The fourth-order valence-corrected chi connectivity index (χ4v) is 3.73. The Morgan fingerprint density at radius 3 is 2.42 bits per heavy atom. The van der Waals surface area contributed by atoms with Crippen LogP contribution in [0.4, 0.5) is 0 Å². The number of halogens is 1. The van der Waals surface area contributed by atoms with Gasteiger partial charge in [-0.15, -0.1) is 0 Å². The molecule has 1 amide bonds. The van der Waals surface area contributed by atoms with Gasteiger partial charge in [0.05, 0.1) is 5.71 Å². The van der Waals surface area contributed by atoms with Crippen molar-refractivity contribution in [3.63, 3.8) is 0 Å². The number of carbonyl (C=O) groups is 1. The van der Waals surface area contributed by atoms with E-state index in [1.54, 1.807) is 0 Å². The maximum absolute atomic E-state index is 12.0. The summed E-state index contributed by atoms with van der Waals surface area (Å²) in [5.74, 6) is -0.205. The van der Waals surface area contributed by atoms with E-state index in [1.807, 2.05) is 13.8 Å². The number of benzene rings is 4. The molecule has 3 nitrogen and oxygen atoms in total. The monoisotopic (exact) mass is 406 g/mol. The SMILES string of the molecule is C/C(=N\NC(=O)C(C)CBr)c1cc2cccc3ccc4cccc1c4c32. The van der Waals surface area contributed by atoms with Gasteiger partial charge in [-0.25, -0.2) is 5.43 Å². The molecular formula is C22H19BrN2O. The molecule has 1 unspecified atom stereocenters. The Morgan fingerprint density at radius 2 is 1.69 bits per heavy atom. The van der Waals surface area contributed by atoms with Crippen molar-refractivity contribution >= 4 is 59.9 Å². The van der Waals surface area contributed by atoms with Gasteiger partial charge in [0.2, 0.25) is 5.91 Å². The Bertz CT molecular complexity index is 1150. The maximum atomic E-state index is 12.0. The second-order valence-electron chi connectivity index (χ2n) is 6.70. The molecule has 1 atom stereocenters. The minimum Gasteiger partial charge on any atom is -0.273 e. The normalized spacial score (nSPS) is 13.6. The third-order valence-corrected chi connectivity index (χ3v) is 5.88. The van der Waals surface area contributed by atoms with Crippen molar-refractivity contribution in [1.29, 1.82) is 0 Å². The average molecular weight is 407 g/mol. The molecule has 0 aliphatic heterocycles. The molecule has 130 valence electrons. The van der Waals surface area contributed by atoms with Crippen molar-refractivity contribution in [2.75, 3.05) is 5.33 Å². The predicted molar refractivity (Wildman–Crippen MR) is 113 cm³/mol. The number of alkyl halides is 1. The molecule has 4 aromatic carbocycles. The first-order chi connectivity index (χ1) is 12.6. The lowest BCUT2D eigenvalue weighted by atomic mass is 9.90. The molecule has 0 saturated carbocycles. The molecule has 0 aromatic heterocycles. The molecule has 0 radical (unpaired) electrons. The second kappa shape index (κ2) is 6.69. The summed E-state index contributed by atoms with van der Waals surface area (Å²) < 4.78 is 0. The highest BCUT2D eigenvalue weighted by molar-refractivity contribution is 9.09. The van der Waals surface area contributed by atoms with Crippen molar-refractivity contribution in [2.24, 2.45) is 11.0 Å². The highest BCUT2D eigenvalue weighted by atomic mass is 79.9. The summed E-state index contributed by atoms with van der Waals surface area (Å²) in [5, 5.41) is 12.3. The third kappa shape index (κ3) is 2.74. The number of carbonyl (C=O) groups excluding carboxylic acids is 1. The number of hydrogen-bond acceptors (Lipinski definition) is 2. The van der Waals surface area contributed by atoms with E-state index in [0.717, 1.165) is 16.7 Å². The highest BCUT2D eigenvalue weighted by Crippen LogP contribution is 2.36. The number of rotatable bonds is 4. The maximum Gasteiger partial charge on any atom is 0.243 e. The van der Waals surface area contributed by atoms with Crippen molar-refractivity contribution in [2.45, 2.75) is 13.8 Å².